The first-order valence-corrected chi connectivity index (χ1v) is 9.69. The summed E-state index contributed by atoms with van der Waals surface area (Å²) in [5.74, 6) is 1.55. The van der Waals surface area contributed by atoms with Gasteiger partial charge >= 0.3 is 6.18 Å². The Balaban J connectivity index is 0.00000480. The first-order chi connectivity index (χ1) is 14.4. The van der Waals surface area contributed by atoms with Crippen molar-refractivity contribution in [2.24, 2.45) is 4.99 Å². The van der Waals surface area contributed by atoms with E-state index in [1.807, 2.05) is 30.3 Å². The van der Waals surface area contributed by atoms with Gasteiger partial charge in [-0.05, 0) is 41.7 Å². The van der Waals surface area contributed by atoms with E-state index in [1.54, 1.807) is 26.3 Å². The molecule has 0 fully saturated rings. The number of aliphatic imine (C=N–C) groups is 1. The van der Waals surface area contributed by atoms with Crippen LogP contribution in [0.1, 0.15) is 23.1 Å². The third-order valence-corrected chi connectivity index (χ3v) is 4.31. The Labute approximate surface area is 198 Å². The predicted molar refractivity (Wildman–Crippen MR) is 127 cm³/mol. The molecule has 0 bridgehead atoms. The van der Waals surface area contributed by atoms with E-state index in [0.29, 0.717) is 18.1 Å². The van der Waals surface area contributed by atoms with Gasteiger partial charge in [0.15, 0.2) is 5.96 Å². The highest BCUT2D eigenvalue weighted by Crippen LogP contribution is 2.16. The maximum atomic E-state index is 12.1. The fraction of sp³-hybridized carbons (Fsp3) is 0.409. The van der Waals surface area contributed by atoms with Gasteiger partial charge in [0.1, 0.15) is 12.4 Å². The second-order valence-electron chi connectivity index (χ2n) is 6.73. The molecule has 0 radical (unpaired) electrons. The topological polar surface area (TPSA) is 54.9 Å². The molecule has 0 aliphatic carbocycles. The minimum Gasteiger partial charge on any atom is -0.497 e. The van der Waals surface area contributed by atoms with Gasteiger partial charge in [-0.3, -0.25) is 4.99 Å². The van der Waals surface area contributed by atoms with Crippen LogP contribution in [0, 0.1) is 0 Å². The Hall–Kier alpha value is -2.01. The largest absolute Gasteiger partial charge is 0.497 e. The molecule has 0 saturated carbocycles. The monoisotopic (exact) mass is 551 g/mol. The zero-order chi connectivity index (χ0) is 21.8. The number of guanidine groups is 1. The maximum Gasteiger partial charge on any atom is 0.411 e. The number of ether oxygens (including phenoxy) is 2. The lowest BCUT2D eigenvalue weighted by Gasteiger charge is -2.12. The van der Waals surface area contributed by atoms with Crippen LogP contribution >= 0.6 is 24.0 Å². The van der Waals surface area contributed by atoms with Crippen LogP contribution in [0.15, 0.2) is 53.5 Å². The molecule has 2 aromatic carbocycles. The Kier molecular flexibility index (Phi) is 12.3. The summed E-state index contributed by atoms with van der Waals surface area (Å²) in [5.41, 5.74) is 2.91. The number of halogens is 4. The molecule has 2 aromatic rings. The highest BCUT2D eigenvalue weighted by molar-refractivity contribution is 14.0. The molecule has 172 valence electrons. The second kappa shape index (κ2) is 14.1. The zero-order valence-corrected chi connectivity index (χ0v) is 20.0. The molecule has 0 unspecified atom stereocenters. The molecule has 0 aliphatic rings. The van der Waals surface area contributed by atoms with Gasteiger partial charge in [-0.2, -0.15) is 13.2 Å². The Morgan fingerprint density at radius 3 is 2.35 bits per heavy atom. The van der Waals surface area contributed by atoms with Crippen molar-refractivity contribution in [3.63, 3.8) is 0 Å². The normalized spacial score (nSPS) is 11.6. The smallest absolute Gasteiger partial charge is 0.411 e. The van der Waals surface area contributed by atoms with Crippen LogP contribution in [-0.2, 0) is 24.3 Å². The summed E-state index contributed by atoms with van der Waals surface area (Å²) >= 11 is 0. The summed E-state index contributed by atoms with van der Waals surface area (Å²) in [6.45, 7) is 0.0193. The van der Waals surface area contributed by atoms with Crippen molar-refractivity contribution in [2.75, 3.05) is 27.3 Å². The zero-order valence-electron chi connectivity index (χ0n) is 17.7. The first kappa shape index (κ1) is 27.0. The highest BCUT2D eigenvalue weighted by Gasteiger charge is 2.27. The SMILES string of the molecule is CN=C(NCCCc1cccc(OC)c1)NCc1ccc(COCC(F)(F)F)cc1.I. The van der Waals surface area contributed by atoms with E-state index in [1.165, 1.54) is 5.56 Å². The second-order valence-corrected chi connectivity index (χ2v) is 6.73. The average Bonchev–Trinajstić information content (AvgIpc) is 2.73. The van der Waals surface area contributed by atoms with E-state index < -0.39 is 12.8 Å². The fourth-order valence-electron chi connectivity index (χ4n) is 2.77. The Morgan fingerprint density at radius 1 is 1.00 bits per heavy atom. The van der Waals surface area contributed by atoms with Gasteiger partial charge in [-0.1, -0.05) is 36.4 Å². The van der Waals surface area contributed by atoms with E-state index in [9.17, 15) is 13.2 Å². The predicted octanol–water partition coefficient (Wildman–Crippen LogP) is 4.69. The van der Waals surface area contributed by atoms with Crippen LogP contribution in [-0.4, -0.2) is 39.4 Å². The van der Waals surface area contributed by atoms with Gasteiger partial charge in [0.2, 0.25) is 0 Å². The van der Waals surface area contributed by atoms with E-state index >= 15 is 0 Å². The molecule has 0 spiro atoms. The molecule has 0 saturated heterocycles. The number of nitrogens with zero attached hydrogens (tertiary/aromatic N) is 1. The standard InChI is InChI=1S/C22H28F3N3O2.HI/c1-26-21(27-12-4-6-17-5-3-7-20(13-17)29-2)28-14-18-8-10-19(11-9-18)15-30-16-22(23,24)25;/h3,5,7-11,13H,4,6,12,14-16H2,1-2H3,(H2,26,27,28);1H. The summed E-state index contributed by atoms with van der Waals surface area (Å²) in [6, 6.07) is 15.3. The summed E-state index contributed by atoms with van der Waals surface area (Å²) in [5, 5.41) is 6.50. The van der Waals surface area contributed by atoms with Crippen molar-refractivity contribution in [1.29, 1.82) is 0 Å². The summed E-state index contributed by atoms with van der Waals surface area (Å²) in [7, 11) is 3.37. The minimum absolute atomic E-state index is 0. The Morgan fingerprint density at radius 2 is 1.71 bits per heavy atom. The lowest BCUT2D eigenvalue weighted by molar-refractivity contribution is -0.176. The first-order valence-electron chi connectivity index (χ1n) is 9.69. The molecule has 0 amide bonds. The molecule has 2 rings (SSSR count). The number of aryl methyl sites for hydroxylation is 1. The van der Waals surface area contributed by atoms with Crippen LogP contribution in [0.3, 0.4) is 0 Å². The average molecular weight is 551 g/mol. The van der Waals surface area contributed by atoms with Gasteiger partial charge in [-0.25, -0.2) is 0 Å². The number of nitrogens with one attached hydrogen (secondary N) is 2. The van der Waals surface area contributed by atoms with E-state index in [2.05, 4.69) is 26.4 Å². The third kappa shape index (κ3) is 11.3. The van der Waals surface area contributed by atoms with Gasteiger partial charge in [0.05, 0.1) is 13.7 Å². The number of rotatable bonds is 10. The number of hydrogen-bond acceptors (Lipinski definition) is 3. The van der Waals surface area contributed by atoms with E-state index in [0.717, 1.165) is 30.7 Å². The minimum atomic E-state index is -4.30. The van der Waals surface area contributed by atoms with Crippen molar-refractivity contribution in [2.45, 2.75) is 32.2 Å². The van der Waals surface area contributed by atoms with Crippen LogP contribution < -0.4 is 15.4 Å². The molecule has 0 atom stereocenters. The van der Waals surface area contributed by atoms with Crippen molar-refractivity contribution >= 4 is 29.9 Å². The molecular weight excluding hydrogens is 522 g/mol. The summed E-state index contributed by atoms with van der Waals surface area (Å²) < 4.78 is 46.2. The molecular formula is C22H29F3IN3O2. The summed E-state index contributed by atoms with van der Waals surface area (Å²) in [6.07, 6.45) is -2.43. The van der Waals surface area contributed by atoms with E-state index in [4.69, 9.17) is 4.74 Å². The maximum absolute atomic E-state index is 12.1. The van der Waals surface area contributed by atoms with Crippen molar-refractivity contribution < 1.29 is 22.6 Å². The fourth-order valence-corrected chi connectivity index (χ4v) is 2.77. The summed E-state index contributed by atoms with van der Waals surface area (Å²) in [4.78, 5) is 4.20. The molecule has 5 nitrogen and oxygen atoms in total. The van der Waals surface area contributed by atoms with E-state index in [-0.39, 0.29) is 30.6 Å². The quantitative estimate of drug-likeness (QED) is 0.195. The number of benzene rings is 2. The molecule has 0 aromatic heterocycles. The number of hydrogen-bond donors (Lipinski definition) is 2. The van der Waals surface area contributed by atoms with Crippen LogP contribution in [0.4, 0.5) is 13.2 Å². The third-order valence-electron chi connectivity index (χ3n) is 4.31. The van der Waals surface area contributed by atoms with Gasteiger partial charge < -0.3 is 20.1 Å². The lowest BCUT2D eigenvalue weighted by atomic mass is 10.1. The van der Waals surface area contributed by atoms with Gasteiger partial charge in [-0.15, -0.1) is 24.0 Å². The van der Waals surface area contributed by atoms with Gasteiger partial charge in [0.25, 0.3) is 0 Å². The van der Waals surface area contributed by atoms with Crippen LogP contribution in [0.5, 0.6) is 5.75 Å². The van der Waals surface area contributed by atoms with Crippen molar-refractivity contribution in [3.8, 4) is 5.75 Å². The molecule has 9 heteroatoms. The van der Waals surface area contributed by atoms with Crippen LogP contribution in [0.25, 0.3) is 0 Å². The lowest BCUT2D eigenvalue weighted by Crippen LogP contribution is -2.37. The van der Waals surface area contributed by atoms with Crippen LogP contribution in [0.2, 0.25) is 0 Å². The number of alkyl halides is 3. The molecule has 0 aliphatic heterocycles. The van der Waals surface area contributed by atoms with Crippen molar-refractivity contribution in [3.05, 3.63) is 65.2 Å². The molecule has 31 heavy (non-hydrogen) atoms. The highest BCUT2D eigenvalue weighted by atomic mass is 127. The molecule has 0 heterocycles. The molecule has 2 N–H and O–H groups in total. The Bertz CT molecular complexity index is 799. The van der Waals surface area contributed by atoms with Crippen molar-refractivity contribution in [1.82, 2.24) is 10.6 Å². The van der Waals surface area contributed by atoms with Gasteiger partial charge in [0, 0.05) is 20.1 Å². The number of methoxy groups -OCH3 is 1.